The van der Waals surface area contributed by atoms with E-state index in [-0.39, 0.29) is 10.3 Å². The summed E-state index contributed by atoms with van der Waals surface area (Å²) in [5.74, 6) is 0.562. The molecule has 0 amide bonds. The highest BCUT2D eigenvalue weighted by molar-refractivity contribution is 5.16. The first-order chi connectivity index (χ1) is 6.32. The van der Waals surface area contributed by atoms with Gasteiger partial charge in [0.2, 0.25) is 6.04 Å². The van der Waals surface area contributed by atoms with Gasteiger partial charge in [-0.25, -0.2) is 0 Å². The molecule has 0 N–H and O–H groups in total. The SMILES string of the molecule is CC1CC(C(C)[N+](=O)[O-])=CC(C)(C)C1. The monoisotopic (exact) mass is 197 g/mol. The maximum atomic E-state index is 10.7. The Morgan fingerprint density at radius 2 is 2.21 bits per heavy atom. The number of allylic oxidation sites excluding steroid dienone is 1. The van der Waals surface area contributed by atoms with E-state index in [1.807, 2.05) is 0 Å². The van der Waals surface area contributed by atoms with Gasteiger partial charge in [-0.05, 0) is 29.7 Å². The van der Waals surface area contributed by atoms with Crippen LogP contribution in [0.1, 0.15) is 40.5 Å². The minimum Gasteiger partial charge on any atom is -0.264 e. The molecular formula is C11H19NO2. The molecular weight excluding hydrogens is 178 g/mol. The van der Waals surface area contributed by atoms with Crippen molar-refractivity contribution in [3.05, 3.63) is 21.8 Å². The van der Waals surface area contributed by atoms with Crippen LogP contribution in [0, 0.1) is 21.4 Å². The van der Waals surface area contributed by atoms with E-state index in [4.69, 9.17) is 0 Å². The predicted molar refractivity (Wildman–Crippen MR) is 56.7 cm³/mol. The largest absolute Gasteiger partial charge is 0.264 e. The van der Waals surface area contributed by atoms with Crippen LogP contribution < -0.4 is 0 Å². The van der Waals surface area contributed by atoms with Crippen LogP contribution in [0.25, 0.3) is 0 Å². The Hall–Kier alpha value is -0.860. The van der Waals surface area contributed by atoms with Crippen molar-refractivity contribution in [2.45, 2.75) is 46.6 Å². The second-order valence-electron chi connectivity index (χ2n) is 5.18. The van der Waals surface area contributed by atoms with E-state index in [1.54, 1.807) is 6.92 Å². The standard InChI is InChI=1S/C11H19NO2/c1-8-5-10(9(2)12(13)14)7-11(3,4)6-8/h7-9H,5-6H2,1-4H3. The van der Waals surface area contributed by atoms with Gasteiger partial charge >= 0.3 is 0 Å². The molecule has 14 heavy (non-hydrogen) atoms. The lowest BCUT2D eigenvalue weighted by Crippen LogP contribution is -2.27. The van der Waals surface area contributed by atoms with Crippen LogP contribution >= 0.6 is 0 Å². The second-order valence-corrected chi connectivity index (χ2v) is 5.18. The Morgan fingerprint density at radius 1 is 1.64 bits per heavy atom. The van der Waals surface area contributed by atoms with Crippen LogP contribution in [-0.2, 0) is 0 Å². The molecule has 0 bridgehead atoms. The van der Waals surface area contributed by atoms with Crippen molar-refractivity contribution in [3.63, 3.8) is 0 Å². The molecule has 0 aromatic heterocycles. The van der Waals surface area contributed by atoms with Gasteiger partial charge in [0.1, 0.15) is 0 Å². The van der Waals surface area contributed by atoms with Crippen LogP contribution in [0.5, 0.6) is 0 Å². The molecule has 2 unspecified atom stereocenters. The molecule has 0 heterocycles. The summed E-state index contributed by atoms with van der Waals surface area (Å²) in [4.78, 5) is 10.5. The summed E-state index contributed by atoms with van der Waals surface area (Å²) in [5.41, 5.74) is 1.12. The fourth-order valence-corrected chi connectivity index (χ4v) is 2.42. The molecule has 3 nitrogen and oxygen atoms in total. The Labute approximate surface area is 85.3 Å². The van der Waals surface area contributed by atoms with Crippen LogP contribution in [0.4, 0.5) is 0 Å². The average Bonchev–Trinajstić information content (AvgIpc) is 1.98. The zero-order valence-corrected chi connectivity index (χ0v) is 9.41. The molecule has 0 aromatic carbocycles. The molecule has 0 aliphatic heterocycles. The molecule has 0 aromatic rings. The molecule has 0 saturated heterocycles. The zero-order chi connectivity index (χ0) is 10.9. The van der Waals surface area contributed by atoms with Crippen LogP contribution in [0.3, 0.4) is 0 Å². The van der Waals surface area contributed by atoms with Crippen molar-refractivity contribution in [1.29, 1.82) is 0 Å². The maximum Gasteiger partial charge on any atom is 0.231 e. The lowest BCUT2D eigenvalue weighted by molar-refractivity contribution is -0.508. The van der Waals surface area contributed by atoms with Gasteiger partial charge in [-0.2, -0.15) is 0 Å². The van der Waals surface area contributed by atoms with E-state index >= 15 is 0 Å². The zero-order valence-electron chi connectivity index (χ0n) is 9.41. The van der Waals surface area contributed by atoms with Crippen molar-refractivity contribution in [1.82, 2.24) is 0 Å². The quantitative estimate of drug-likeness (QED) is 0.388. The van der Waals surface area contributed by atoms with Crippen molar-refractivity contribution in [2.75, 3.05) is 0 Å². The van der Waals surface area contributed by atoms with Crippen molar-refractivity contribution in [2.24, 2.45) is 11.3 Å². The Balaban J connectivity index is 2.88. The first-order valence-corrected chi connectivity index (χ1v) is 5.17. The van der Waals surface area contributed by atoms with E-state index in [2.05, 4.69) is 26.8 Å². The van der Waals surface area contributed by atoms with E-state index in [9.17, 15) is 10.1 Å². The third-order valence-electron chi connectivity index (χ3n) is 2.89. The molecule has 2 atom stereocenters. The fourth-order valence-electron chi connectivity index (χ4n) is 2.42. The molecule has 80 valence electrons. The molecule has 0 saturated carbocycles. The molecule has 1 aliphatic rings. The van der Waals surface area contributed by atoms with Gasteiger partial charge in [-0.1, -0.05) is 26.8 Å². The first kappa shape index (κ1) is 11.2. The van der Waals surface area contributed by atoms with Crippen molar-refractivity contribution >= 4 is 0 Å². The lowest BCUT2D eigenvalue weighted by Gasteiger charge is -2.32. The fraction of sp³-hybridized carbons (Fsp3) is 0.818. The first-order valence-electron chi connectivity index (χ1n) is 5.17. The highest BCUT2D eigenvalue weighted by Gasteiger charge is 2.30. The molecule has 0 spiro atoms. The molecule has 3 heteroatoms. The second kappa shape index (κ2) is 3.71. The highest BCUT2D eigenvalue weighted by Crippen LogP contribution is 2.38. The summed E-state index contributed by atoms with van der Waals surface area (Å²) in [6.07, 6.45) is 4.10. The molecule has 0 radical (unpaired) electrons. The Kier molecular flexibility index (Phi) is 2.98. The van der Waals surface area contributed by atoms with E-state index < -0.39 is 6.04 Å². The third kappa shape index (κ3) is 2.56. The van der Waals surface area contributed by atoms with Gasteiger partial charge in [0, 0.05) is 11.8 Å². The van der Waals surface area contributed by atoms with Crippen molar-refractivity contribution in [3.8, 4) is 0 Å². The summed E-state index contributed by atoms with van der Waals surface area (Å²) in [7, 11) is 0. The van der Waals surface area contributed by atoms with E-state index in [0.29, 0.717) is 5.92 Å². The summed E-state index contributed by atoms with van der Waals surface area (Å²) in [6.45, 7) is 8.14. The number of nitro groups is 1. The van der Waals surface area contributed by atoms with Crippen LogP contribution in [-0.4, -0.2) is 11.0 Å². The van der Waals surface area contributed by atoms with E-state index in [0.717, 1.165) is 18.4 Å². The summed E-state index contributed by atoms with van der Waals surface area (Å²) in [5, 5.41) is 10.7. The minimum atomic E-state index is -0.517. The smallest absolute Gasteiger partial charge is 0.231 e. The minimum absolute atomic E-state index is 0.122. The van der Waals surface area contributed by atoms with Gasteiger partial charge in [-0.3, -0.25) is 10.1 Å². The predicted octanol–water partition coefficient (Wildman–Crippen LogP) is 3.03. The van der Waals surface area contributed by atoms with Crippen molar-refractivity contribution < 1.29 is 4.92 Å². The van der Waals surface area contributed by atoms with Gasteiger partial charge in [-0.15, -0.1) is 0 Å². The Morgan fingerprint density at radius 3 is 2.64 bits per heavy atom. The topological polar surface area (TPSA) is 43.1 Å². The molecule has 1 rings (SSSR count). The summed E-state index contributed by atoms with van der Waals surface area (Å²) in [6, 6.07) is -0.517. The summed E-state index contributed by atoms with van der Waals surface area (Å²) >= 11 is 0. The molecule has 0 fully saturated rings. The number of hydrogen-bond donors (Lipinski definition) is 0. The number of hydrogen-bond acceptors (Lipinski definition) is 2. The van der Waals surface area contributed by atoms with Crippen LogP contribution in [0.15, 0.2) is 11.6 Å². The summed E-state index contributed by atoms with van der Waals surface area (Å²) < 4.78 is 0. The Bertz CT molecular complexity index is 268. The van der Waals surface area contributed by atoms with Gasteiger partial charge in [0.05, 0.1) is 0 Å². The third-order valence-corrected chi connectivity index (χ3v) is 2.89. The molecule has 1 aliphatic carbocycles. The van der Waals surface area contributed by atoms with E-state index in [1.165, 1.54) is 0 Å². The maximum absolute atomic E-state index is 10.7. The number of nitrogens with zero attached hydrogens (tertiary/aromatic N) is 1. The van der Waals surface area contributed by atoms with Gasteiger partial charge < -0.3 is 0 Å². The normalized spacial score (nSPS) is 28.0. The van der Waals surface area contributed by atoms with Gasteiger partial charge in [0.25, 0.3) is 0 Å². The van der Waals surface area contributed by atoms with Gasteiger partial charge in [0.15, 0.2) is 0 Å². The average molecular weight is 197 g/mol. The highest BCUT2D eigenvalue weighted by atomic mass is 16.6. The number of rotatable bonds is 2. The lowest BCUT2D eigenvalue weighted by atomic mass is 9.73. The van der Waals surface area contributed by atoms with Crippen LogP contribution in [0.2, 0.25) is 0 Å².